The zero-order chi connectivity index (χ0) is 16.3. The lowest BCUT2D eigenvalue weighted by molar-refractivity contribution is 0.0422. The maximum Gasteiger partial charge on any atom is 0.113 e. The number of ether oxygens (including phenoxy) is 1. The van der Waals surface area contributed by atoms with Gasteiger partial charge in [-0.15, -0.1) is 11.6 Å². The van der Waals surface area contributed by atoms with Gasteiger partial charge in [0.1, 0.15) is 11.0 Å². The van der Waals surface area contributed by atoms with Crippen LogP contribution in [0.1, 0.15) is 23.1 Å². The molecule has 4 heteroatoms. The van der Waals surface area contributed by atoms with Crippen LogP contribution in [0.5, 0.6) is 0 Å². The number of nitriles is 1. The smallest absolute Gasteiger partial charge is 0.113 e. The second kappa shape index (κ2) is 6.76. The van der Waals surface area contributed by atoms with Crippen LogP contribution in [0.25, 0.3) is 6.08 Å². The molecule has 0 N–H and O–H groups in total. The molecule has 116 valence electrons. The van der Waals surface area contributed by atoms with E-state index in [9.17, 15) is 5.26 Å². The van der Waals surface area contributed by atoms with Crippen LogP contribution in [0.4, 0.5) is 0 Å². The van der Waals surface area contributed by atoms with Crippen LogP contribution in [0, 0.1) is 11.3 Å². The van der Waals surface area contributed by atoms with Crippen LogP contribution in [0.3, 0.4) is 0 Å². The molecule has 0 saturated carbocycles. The molecule has 0 radical (unpaired) electrons. The van der Waals surface area contributed by atoms with Gasteiger partial charge >= 0.3 is 0 Å². The van der Waals surface area contributed by atoms with Crippen LogP contribution < -0.4 is 0 Å². The Morgan fingerprint density at radius 3 is 2.65 bits per heavy atom. The highest BCUT2D eigenvalue weighted by Crippen LogP contribution is 2.43. The summed E-state index contributed by atoms with van der Waals surface area (Å²) < 4.78 is 6.02. The van der Waals surface area contributed by atoms with Gasteiger partial charge in [0.15, 0.2) is 0 Å². The second-order valence-electron chi connectivity index (χ2n) is 5.47. The molecule has 2 aromatic carbocycles. The molecule has 0 amide bonds. The summed E-state index contributed by atoms with van der Waals surface area (Å²) in [6, 6.07) is 17.6. The molecule has 2 nitrogen and oxygen atoms in total. The van der Waals surface area contributed by atoms with Crippen LogP contribution >= 0.6 is 23.2 Å². The first-order valence-electron chi connectivity index (χ1n) is 7.34. The number of alkyl halides is 1. The molecule has 2 unspecified atom stereocenters. The summed E-state index contributed by atoms with van der Waals surface area (Å²) in [6.07, 6.45) is 3.69. The average Bonchev–Trinajstić information content (AvgIpc) is 2.56. The topological polar surface area (TPSA) is 33.0 Å². The number of rotatable bonds is 4. The molecule has 0 saturated heterocycles. The second-order valence-corrected chi connectivity index (χ2v) is 6.55. The minimum atomic E-state index is -0.888. The molecule has 1 aliphatic carbocycles. The Hall–Kier alpha value is -1.79. The third kappa shape index (κ3) is 3.14. The SMILES string of the molecule is N#CCC1(Cl)c2ccccc2C=CC1OCc1ccccc1Cl. The van der Waals surface area contributed by atoms with Crippen LogP contribution in [0.15, 0.2) is 54.6 Å². The molecular weight excluding hydrogens is 329 g/mol. The van der Waals surface area contributed by atoms with Crippen molar-refractivity contribution in [2.75, 3.05) is 0 Å². The lowest BCUT2D eigenvalue weighted by Gasteiger charge is -2.36. The van der Waals surface area contributed by atoms with Crippen molar-refractivity contribution in [1.82, 2.24) is 0 Å². The van der Waals surface area contributed by atoms with Gasteiger partial charge in [0.2, 0.25) is 0 Å². The van der Waals surface area contributed by atoms with Gasteiger partial charge in [0.25, 0.3) is 0 Å². The first-order chi connectivity index (χ1) is 11.1. The lowest BCUT2D eigenvalue weighted by Crippen LogP contribution is -2.37. The molecule has 0 spiro atoms. The Morgan fingerprint density at radius 1 is 1.13 bits per heavy atom. The fourth-order valence-electron chi connectivity index (χ4n) is 2.81. The van der Waals surface area contributed by atoms with Crippen LogP contribution in [0.2, 0.25) is 5.02 Å². The summed E-state index contributed by atoms with van der Waals surface area (Å²) in [4.78, 5) is -0.888. The highest BCUT2D eigenvalue weighted by molar-refractivity contribution is 6.31. The van der Waals surface area contributed by atoms with E-state index in [2.05, 4.69) is 6.07 Å². The maximum absolute atomic E-state index is 9.22. The van der Waals surface area contributed by atoms with Crippen molar-refractivity contribution in [3.8, 4) is 6.07 Å². The van der Waals surface area contributed by atoms with Crippen LogP contribution in [-0.2, 0) is 16.2 Å². The largest absolute Gasteiger partial charge is 0.367 e. The summed E-state index contributed by atoms with van der Waals surface area (Å²) >= 11 is 13.0. The normalized spacial score (nSPS) is 22.4. The minimum absolute atomic E-state index is 0.170. The van der Waals surface area contributed by atoms with Gasteiger partial charge in [-0.2, -0.15) is 5.26 Å². The van der Waals surface area contributed by atoms with Gasteiger partial charge in [-0.3, -0.25) is 0 Å². The van der Waals surface area contributed by atoms with Crippen LogP contribution in [-0.4, -0.2) is 6.10 Å². The summed E-state index contributed by atoms with van der Waals surface area (Å²) in [7, 11) is 0. The number of fused-ring (bicyclic) bond motifs is 1. The Labute approximate surface area is 145 Å². The molecule has 3 rings (SSSR count). The standard InChI is InChI=1S/C19H15Cl2NO/c20-17-8-4-2-6-15(17)13-23-18-10-9-14-5-1-3-7-16(14)19(18,21)11-12-22/h1-10,18H,11,13H2. The molecular formula is C19H15Cl2NO. The van der Waals surface area contributed by atoms with E-state index in [1.165, 1.54) is 0 Å². The summed E-state index contributed by atoms with van der Waals surface area (Å²) in [6.45, 7) is 0.344. The molecule has 2 aromatic rings. The highest BCUT2D eigenvalue weighted by atomic mass is 35.5. The van der Waals surface area contributed by atoms with E-state index in [1.807, 2.05) is 60.7 Å². The number of benzene rings is 2. The zero-order valence-electron chi connectivity index (χ0n) is 12.4. The molecule has 0 bridgehead atoms. The predicted molar refractivity (Wildman–Crippen MR) is 93.3 cm³/mol. The maximum atomic E-state index is 9.22. The zero-order valence-corrected chi connectivity index (χ0v) is 13.9. The summed E-state index contributed by atoms with van der Waals surface area (Å²) in [5.41, 5.74) is 2.85. The number of nitrogens with zero attached hydrogens (tertiary/aromatic N) is 1. The lowest BCUT2D eigenvalue weighted by atomic mass is 9.82. The van der Waals surface area contributed by atoms with Crippen molar-refractivity contribution in [3.05, 3.63) is 76.3 Å². The van der Waals surface area contributed by atoms with Gasteiger partial charge in [-0.05, 0) is 22.8 Å². The molecule has 0 aliphatic heterocycles. The van der Waals surface area contributed by atoms with Crippen molar-refractivity contribution in [3.63, 3.8) is 0 Å². The van der Waals surface area contributed by atoms with Gasteiger partial charge in [-0.25, -0.2) is 0 Å². The monoisotopic (exact) mass is 343 g/mol. The number of hydrogen-bond acceptors (Lipinski definition) is 2. The van der Waals surface area contributed by atoms with Crippen molar-refractivity contribution in [2.45, 2.75) is 24.0 Å². The van der Waals surface area contributed by atoms with E-state index in [0.717, 1.165) is 16.7 Å². The van der Waals surface area contributed by atoms with E-state index in [1.54, 1.807) is 0 Å². The summed E-state index contributed by atoms with van der Waals surface area (Å²) in [5.74, 6) is 0. The van der Waals surface area contributed by atoms with Gasteiger partial charge in [0, 0.05) is 5.02 Å². The van der Waals surface area contributed by atoms with Crippen molar-refractivity contribution < 1.29 is 4.74 Å². The predicted octanol–water partition coefficient (Wildman–Crippen LogP) is 5.30. The Morgan fingerprint density at radius 2 is 1.87 bits per heavy atom. The highest BCUT2D eigenvalue weighted by Gasteiger charge is 2.41. The molecule has 0 fully saturated rings. The fourth-order valence-corrected chi connectivity index (χ4v) is 3.37. The van der Waals surface area contributed by atoms with E-state index in [-0.39, 0.29) is 6.42 Å². The molecule has 0 heterocycles. The Bertz CT molecular complexity index is 781. The van der Waals surface area contributed by atoms with E-state index >= 15 is 0 Å². The van der Waals surface area contributed by atoms with Crippen molar-refractivity contribution >= 4 is 29.3 Å². The first kappa shape index (κ1) is 16.1. The first-order valence-corrected chi connectivity index (χ1v) is 8.09. The minimum Gasteiger partial charge on any atom is -0.367 e. The number of halogens is 2. The number of hydrogen-bond donors (Lipinski definition) is 0. The third-order valence-electron chi connectivity index (χ3n) is 4.02. The summed E-state index contributed by atoms with van der Waals surface area (Å²) in [5, 5.41) is 9.88. The van der Waals surface area contributed by atoms with Gasteiger partial charge < -0.3 is 4.74 Å². The Balaban J connectivity index is 1.87. The third-order valence-corrected chi connectivity index (χ3v) is 4.94. The van der Waals surface area contributed by atoms with Gasteiger partial charge in [0.05, 0.1) is 19.1 Å². The van der Waals surface area contributed by atoms with E-state index in [0.29, 0.717) is 11.6 Å². The molecule has 0 aromatic heterocycles. The van der Waals surface area contributed by atoms with E-state index in [4.69, 9.17) is 27.9 Å². The fraction of sp³-hybridized carbons (Fsp3) is 0.211. The quantitative estimate of drug-likeness (QED) is 0.705. The van der Waals surface area contributed by atoms with Gasteiger partial charge in [-0.1, -0.05) is 66.2 Å². The molecule has 2 atom stereocenters. The molecule has 1 aliphatic rings. The van der Waals surface area contributed by atoms with Crippen molar-refractivity contribution in [2.24, 2.45) is 0 Å². The van der Waals surface area contributed by atoms with E-state index < -0.39 is 11.0 Å². The Kier molecular flexibility index (Phi) is 4.73. The molecule has 23 heavy (non-hydrogen) atoms. The average molecular weight is 344 g/mol. The van der Waals surface area contributed by atoms with Crippen molar-refractivity contribution in [1.29, 1.82) is 5.26 Å².